The van der Waals surface area contributed by atoms with E-state index in [9.17, 15) is 0 Å². The molecular weight excluding hydrogens is 258 g/mol. The summed E-state index contributed by atoms with van der Waals surface area (Å²) in [6.45, 7) is 1.06. The second kappa shape index (κ2) is 6.76. The van der Waals surface area contributed by atoms with Crippen LogP contribution in [0.4, 0.5) is 11.9 Å². The summed E-state index contributed by atoms with van der Waals surface area (Å²) in [4.78, 5) is 6.02. The molecule has 1 heterocycles. The van der Waals surface area contributed by atoms with E-state index in [0.29, 0.717) is 11.9 Å². The van der Waals surface area contributed by atoms with Gasteiger partial charge in [0.2, 0.25) is 11.9 Å². The number of anilines is 2. The van der Waals surface area contributed by atoms with Crippen LogP contribution in [0.25, 0.3) is 0 Å². The van der Waals surface area contributed by atoms with Crippen LogP contribution in [0.5, 0.6) is 5.75 Å². The van der Waals surface area contributed by atoms with Gasteiger partial charge in [-0.1, -0.05) is 12.1 Å². The maximum atomic E-state index is 5.50. The van der Waals surface area contributed by atoms with Gasteiger partial charge in [-0.3, -0.25) is 0 Å². The Morgan fingerprint density at radius 3 is 2.65 bits per heavy atom. The van der Waals surface area contributed by atoms with Crippen molar-refractivity contribution in [2.75, 3.05) is 38.1 Å². The van der Waals surface area contributed by atoms with E-state index in [2.05, 4.69) is 15.2 Å². The highest BCUT2D eigenvalue weighted by molar-refractivity contribution is 5.33. The first kappa shape index (κ1) is 14.1. The molecule has 0 fully saturated rings. The van der Waals surface area contributed by atoms with Gasteiger partial charge in [0.1, 0.15) is 5.75 Å². The van der Waals surface area contributed by atoms with Crippen molar-refractivity contribution in [1.29, 1.82) is 0 Å². The molecule has 1 aromatic carbocycles. The zero-order chi connectivity index (χ0) is 14.4. The maximum Gasteiger partial charge on any atom is 0.246 e. The summed E-state index contributed by atoms with van der Waals surface area (Å²) in [5, 5.41) is 6.63. The van der Waals surface area contributed by atoms with Crippen LogP contribution in [-0.2, 0) is 11.2 Å². The van der Waals surface area contributed by atoms with Gasteiger partial charge in [-0.25, -0.2) is 5.10 Å². The van der Waals surface area contributed by atoms with E-state index in [0.717, 1.165) is 18.7 Å². The molecule has 0 aliphatic rings. The molecule has 20 heavy (non-hydrogen) atoms. The van der Waals surface area contributed by atoms with Crippen LogP contribution >= 0.6 is 0 Å². The van der Waals surface area contributed by atoms with Gasteiger partial charge >= 0.3 is 0 Å². The predicted molar refractivity (Wildman–Crippen MR) is 76.7 cm³/mol. The summed E-state index contributed by atoms with van der Waals surface area (Å²) in [6, 6.07) is 7.93. The van der Waals surface area contributed by atoms with Crippen LogP contribution in [0, 0.1) is 0 Å². The first-order valence-corrected chi connectivity index (χ1v) is 6.28. The van der Waals surface area contributed by atoms with Crippen LogP contribution in [0.15, 0.2) is 24.3 Å². The molecule has 2 rings (SSSR count). The van der Waals surface area contributed by atoms with Crippen molar-refractivity contribution in [1.82, 2.24) is 15.2 Å². The van der Waals surface area contributed by atoms with Gasteiger partial charge in [-0.15, -0.1) is 5.10 Å². The molecule has 0 spiro atoms. The molecule has 2 aromatic rings. The Labute approximate surface area is 117 Å². The van der Waals surface area contributed by atoms with Crippen LogP contribution in [0.3, 0.4) is 0 Å². The average molecular weight is 277 g/mol. The topological polar surface area (TPSA) is 89.3 Å². The second-order valence-electron chi connectivity index (χ2n) is 4.39. The molecule has 1 aromatic heterocycles. The van der Waals surface area contributed by atoms with E-state index in [1.807, 2.05) is 36.2 Å². The molecule has 108 valence electrons. The molecule has 7 nitrogen and oxygen atoms in total. The highest BCUT2D eigenvalue weighted by Gasteiger charge is 2.06. The van der Waals surface area contributed by atoms with Crippen LogP contribution in [0.1, 0.15) is 5.56 Å². The third kappa shape index (κ3) is 3.86. The molecule has 3 N–H and O–H groups in total. The fourth-order valence-electron chi connectivity index (χ4n) is 1.71. The Balaban J connectivity index is 1.84. The Kier molecular flexibility index (Phi) is 4.78. The third-order valence-electron chi connectivity index (χ3n) is 2.84. The lowest BCUT2D eigenvalue weighted by atomic mass is 10.1. The van der Waals surface area contributed by atoms with E-state index in [1.54, 1.807) is 7.11 Å². The molecule has 0 atom stereocenters. The van der Waals surface area contributed by atoms with Gasteiger partial charge in [-0.05, 0) is 24.1 Å². The molecule has 0 aliphatic heterocycles. The number of nitrogens with one attached hydrogen (secondary N) is 1. The quantitative estimate of drug-likeness (QED) is 0.735. The molecule has 0 amide bonds. The first-order valence-electron chi connectivity index (χ1n) is 6.28. The van der Waals surface area contributed by atoms with Crippen molar-refractivity contribution in [3.05, 3.63) is 29.8 Å². The van der Waals surface area contributed by atoms with E-state index in [4.69, 9.17) is 15.2 Å². The minimum atomic E-state index is 0.258. The lowest BCUT2D eigenvalue weighted by Crippen LogP contribution is -2.21. The van der Waals surface area contributed by atoms with Gasteiger partial charge < -0.3 is 20.1 Å². The number of benzene rings is 1. The normalized spacial score (nSPS) is 10.5. The van der Waals surface area contributed by atoms with Crippen molar-refractivity contribution in [2.24, 2.45) is 0 Å². The highest BCUT2D eigenvalue weighted by atomic mass is 16.7. The minimum absolute atomic E-state index is 0.258. The van der Waals surface area contributed by atoms with Gasteiger partial charge in [0.05, 0.1) is 0 Å². The summed E-state index contributed by atoms with van der Waals surface area (Å²) < 4.78 is 10.2. The number of ether oxygens (including phenoxy) is 2. The number of nitrogen functional groups attached to an aromatic ring is 1. The molecule has 0 aliphatic carbocycles. The zero-order valence-corrected chi connectivity index (χ0v) is 11.7. The lowest BCUT2D eigenvalue weighted by molar-refractivity contribution is 0.0511. The minimum Gasteiger partial charge on any atom is -0.468 e. The number of nitrogens with two attached hydrogens (primary N) is 1. The molecule has 0 unspecified atom stereocenters. The Morgan fingerprint density at radius 1 is 1.30 bits per heavy atom. The van der Waals surface area contributed by atoms with E-state index >= 15 is 0 Å². The molecule has 0 radical (unpaired) electrons. The molecule has 0 saturated heterocycles. The van der Waals surface area contributed by atoms with Crippen molar-refractivity contribution in [2.45, 2.75) is 6.42 Å². The van der Waals surface area contributed by atoms with Gasteiger partial charge in [-0.2, -0.15) is 4.98 Å². The molecule has 0 saturated carbocycles. The number of methoxy groups -OCH3 is 1. The summed E-state index contributed by atoms with van der Waals surface area (Å²) in [7, 11) is 3.53. The van der Waals surface area contributed by atoms with Crippen molar-refractivity contribution >= 4 is 11.9 Å². The molecule has 7 heteroatoms. The summed E-state index contributed by atoms with van der Waals surface area (Å²) in [5.74, 6) is 1.72. The summed E-state index contributed by atoms with van der Waals surface area (Å²) in [6.07, 6.45) is 0.884. The van der Waals surface area contributed by atoms with E-state index < -0.39 is 0 Å². The van der Waals surface area contributed by atoms with Gasteiger partial charge in [0.25, 0.3) is 0 Å². The van der Waals surface area contributed by atoms with Gasteiger partial charge in [0, 0.05) is 20.7 Å². The van der Waals surface area contributed by atoms with E-state index in [1.165, 1.54) is 5.56 Å². The third-order valence-corrected chi connectivity index (χ3v) is 2.84. The Hall–Kier alpha value is -2.28. The SMILES string of the molecule is COCOc1ccc(CCN(C)c2n[nH]c(N)n2)cc1. The number of aromatic nitrogens is 3. The molecule has 0 bridgehead atoms. The van der Waals surface area contributed by atoms with Crippen molar-refractivity contribution < 1.29 is 9.47 Å². The standard InChI is InChI=1S/C13H19N5O2/c1-18(13-15-12(14)16-17-13)8-7-10-3-5-11(6-4-10)20-9-19-2/h3-6H,7-9H2,1-2H3,(H3,14,15,16,17). The summed E-state index contributed by atoms with van der Waals surface area (Å²) in [5.41, 5.74) is 6.71. The number of likely N-dealkylation sites (N-methyl/N-ethyl adjacent to an activating group) is 1. The average Bonchev–Trinajstić information content (AvgIpc) is 2.90. The Bertz CT molecular complexity index is 526. The smallest absolute Gasteiger partial charge is 0.246 e. The van der Waals surface area contributed by atoms with Crippen LogP contribution in [0.2, 0.25) is 0 Å². The van der Waals surface area contributed by atoms with Crippen LogP contribution < -0.4 is 15.4 Å². The highest BCUT2D eigenvalue weighted by Crippen LogP contribution is 2.13. The number of nitrogens with zero attached hydrogens (tertiary/aromatic N) is 3. The second-order valence-corrected chi connectivity index (χ2v) is 4.39. The first-order chi connectivity index (χ1) is 9.69. The summed E-state index contributed by atoms with van der Waals surface area (Å²) >= 11 is 0. The number of aromatic amines is 1. The fraction of sp³-hybridized carbons (Fsp3) is 0.385. The van der Waals surface area contributed by atoms with Crippen molar-refractivity contribution in [3.63, 3.8) is 0 Å². The largest absolute Gasteiger partial charge is 0.468 e. The number of hydrogen-bond acceptors (Lipinski definition) is 6. The number of hydrogen-bond donors (Lipinski definition) is 2. The predicted octanol–water partition coefficient (Wildman–Crippen LogP) is 1.05. The zero-order valence-electron chi connectivity index (χ0n) is 11.7. The lowest BCUT2D eigenvalue weighted by Gasteiger charge is -2.14. The maximum absolute atomic E-state index is 5.50. The van der Waals surface area contributed by atoms with Gasteiger partial charge in [0.15, 0.2) is 6.79 Å². The molecular formula is C13H19N5O2. The van der Waals surface area contributed by atoms with E-state index in [-0.39, 0.29) is 6.79 Å². The fourth-order valence-corrected chi connectivity index (χ4v) is 1.71. The van der Waals surface area contributed by atoms with Crippen LogP contribution in [-0.4, -0.2) is 42.7 Å². The number of H-pyrrole nitrogens is 1. The van der Waals surface area contributed by atoms with Crippen molar-refractivity contribution in [3.8, 4) is 5.75 Å². The Morgan fingerprint density at radius 2 is 2.05 bits per heavy atom. The number of rotatable bonds is 7. The monoisotopic (exact) mass is 277 g/mol.